The van der Waals surface area contributed by atoms with E-state index in [4.69, 9.17) is 0 Å². The number of aromatic nitrogens is 2. The van der Waals surface area contributed by atoms with E-state index in [1.165, 1.54) is 0 Å². The van der Waals surface area contributed by atoms with Crippen molar-refractivity contribution in [1.29, 1.82) is 0 Å². The summed E-state index contributed by atoms with van der Waals surface area (Å²) in [6.45, 7) is 0. The van der Waals surface area contributed by atoms with Crippen molar-refractivity contribution >= 4 is 15.9 Å². The largest absolute Gasteiger partial charge is 0.359 e. The molecule has 2 aromatic rings. The minimum absolute atomic E-state index is 0.414. The summed E-state index contributed by atoms with van der Waals surface area (Å²) in [4.78, 5) is 0.414. The monoisotopic (exact) mass is 254 g/mol. The summed E-state index contributed by atoms with van der Waals surface area (Å²) in [7, 11) is 0. The van der Waals surface area contributed by atoms with Crippen LogP contribution in [0.25, 0.3) is 11.3 Å². The van der Waals surface area contributed by atoms with Crippen LogP contribution in [-0.2, 0) is 5.33 Å². The van der Waals surface area contributed by atoms with Gasteiger partial charge >= 0.3 is 0 Å². The number of alkyl halides is 1. The molecule has 5 heteroatoms. The van der Waals surface area contributed by atoms with Gasteiger partial charge in [-0.3, -0.25) is 4.63 Å². The Labute approximate surface area is 88.8 Å². The second-order valence-corrected chi connectivity index (χ2v) is 3.29. The standard InChI is InChI=1S/C9H7BrN2O2/c10-6-8-9(11-14-12(8)13)7-4-2-1-3-5-7/h1-5H,6H2. The Morgan fingerprint density at radius 3 is 2.71 bits per heavy atom. The molecule has 0 aliphatic carbocycles. The number of rotatable bonds is 2. The maximum absolute atomic E-state index is 11.1. The molecule has 14 heavy (non-hydrogen) atoms. The fourth-order valence-corrected chi connectivity index (χ4v) is 1.66. The van der Waals surface area contributed by atoms with E-state index in [9.17, 15) is 5.21 Å². The first-order valence-electron chi connectivity index (χ1n) is 4.03. The predicted octanol–water partition coefficient (Wildman–Crippen LogP) is 1.87. The van der Waals surface area contributed by atoms with Crippen molar-refractivity contribution in [1.82, 2.24) is 5.16 Å². The van der Waals surface area contributed by atoms with Crippen molar-refractivity contribution in [3.63, 3.8) is 0 Å². The lowest BCUT2D eigenvalue weighted by molar-refractivity contribution is -0.807. The van der Waals surface area contributed by atoms with E-state index >= 15 is 0 Å². The molecule has 2 rings (SSSR count). The van der Waals surface area contributed by atoms with E-state index in [0.717, 1.165) is 5.56 Å². The van der Waals surface area contributed by atoms with E-state index < -0.39 is 0 Å². The number of halogens is 1. The molecular formula is C9H7BrN2O2. The van der Waals surface area contributed by atoms with Crippen LogP contribution >= 0.6 is 15.9 Å². The van der Waals surface area contributed by atoms with Crippen LogP contribution < -0.4 is 4.90 Å². The second-order valence-electron chi connectivity index (χ2n) is 2.73. The van der Waals surface area contributed by atoms with E-state index in [2.05, 4.69) is 25.7 Å². The van der Waals surface area contributed by atoms with Gasteiger partial charge in [-0.05, 0) is 4.90 Å². The van der Waals surface area contributed by atoms with Crippen LogP contribution in [0.15, 0.2) is 35.0 Å². The highest BCUT2D eigenvalue weighted by molar-refractivity contribution is 9.08. The van der Waals surface area contributed by atoms with E-state index in [1.807, 2.05) is 30.3 Å². The van der Waals surface area contributed by atoms with Gasteiger partial charge in [0.15, 0.2) is 0 Å². The van der Waals surface area contributed by atoms with Crippen LogP contribution in [0, 0.1) is 5.21 Å². The Balaban J connectivity index is 2.52. The molecule has 0 radical (unpaired) electrons. The van der Waals surface area contributed by atoms with E-state index in [1.54, 1.807) is 0 Å². The van der Waals surface area contributed by atoms with E-state index in [-0.39, 0.29) is 0 Å². The van der Waals surface area contributed by atoms with Gasteiger partial charge < -0.3 is 5.21 Å². The highest BCUT2D eigenvalue weighted by Gasteiger charge is 2.18. The summed E-state index contributed by atoms with van der Waals surface area (Å²) in [5.41, 5.74) is 1.94. The van der Waals surface area contributed by atoms with Crippen molar-refractivity contribution in [3.05, 3.63) is 41.2 Å². The molecule has 0 saturated heterocycles. The highest BCUT2D eigenvalue weighted by Crippen LogP contribution is 2.20. The van der Waals surface area contributed by atoms with Crippen LogP contribution in [0.5, 0.6) is 0 Å². The highest BCUT2D eigenvalue weighted by atomic mass is 79.9. The molecule has 0 atom stereocenters. The zero-order valence-electron chi connectivity index (χ0n) is 7.18. The molecule has 0 saturated carbocycles. The number of hydrogen-bond donors (Lipinski definition) is 0. The molecule has 1 heterocycles. The van der Waals surface area contributed by atoms with Crippen molar-refractivity contribution in [2.45, 2.75) is 5.33 Å². The number of nitrogens with zero attached hydrogens (tertiary/aromatic N) is 2. The van der Waals surface area contributed by atoms with Gasteiger partial charge in [-0.15, -0.1) is 0 Å². The normalized spacial score (nSPS) is 10.4. The van der Waals surface area contributed by atoms with Gasteiger partial charge in [-0.1, -0.05) is 46.3 Å². The van der Waals surface area contributed by atoms with Crippen LogP contribution in [0.1, 0.15) is 5.69 Å². The summed E-state index contributed by atoms with van der Waals surface area (Å²) in [6.07, 6.45) is 0. The fourth-order valence-electron chi connectivity index (χ4n) is 1.19. The lowest BCUT2D eigenvalue weighted by Gasteiger charge is -1.93. The molecule has 1 aromatic heterocycles. The molecule has 1 aromatic carbocycles. The van der Waals surface area contributed by atoms with Gasteiger partial charge in [0.25, 0.3) is 5.69 Å². The molecule has 0 fully saturated rings. The summed E-state index contributed by atoms with van der Waals surface area (Å²) >= 11 is 3.21. The zero-order chi connectivity index (χ0) is 9.97. The summed E-state index contributed by atoms with van der Waals surface area (Å²) in [6, 6.07) is 9.44. The molecular weight excluding hydrogens is 248 g/mol. The van der Waals surface area contributed by atoms with Crippen molar-refractivity contribution in [3.8, 4) is 11.3 Å². The summed E-state index contributed by atoms with van der Waals surface area (Å²) in [5, 5.41) is 15.2. The third-order valence-corrected chi connectivity index (χ3v) is 2.40. The van der Waals surface area contributed by atoms with Crippen LogP contribution in [0.3, 0.4) is 0 Å². The topological polar surface area (TPSA) is 53.0 Å². The molecule has 0 unspecified atom stereocenters. The van der Waals surface area contributed by atoms with Gasteiger partial charge in [0.05, 0.1) is 5.33 Å². The smallest absolute Gasteiger partial charge is 0.252 e. The van der Waals surface area contributed by atoms with Gasteiger partial charge in [-0.25, -0.2) is 0 Å². The summed E-state index contributed by atoms with van der Waals surface area (Å²) < 4.78 is 4.52. The van der Waals surface area contributed by atoms with Gasteiger partial charge in [0, 0.05) is 10.7 Å². The Bertz CT molecular complexity index is 428. The lowest BCUT2D eigenvalue weighted by Crippen LogP contribution is -2.27. The van der Waals surface area contributed by atoms with Gasteiger partial charge in [-0.2, -0.15) is 0 Å². The maximum atomic E-state index is 11.1. The Morgan fingerprint density at radius 2 is 2.07 bits per heavy atom. The minimum atomic E-state index is 0.414. The van der Waals surface area contributed by atoms with Crippen molar-refractivity contribution in [2.75, 3.05) is 0 Å². The van der Waals surface area contributed by atoms with Crippen LogP contribution in [-0.4, -0.2) is 5.16 Å². The Kier molecular flexibility index (Phi) is 2.49. The van der Waals surface area contributed by atoms with Crippen LogP contribution in [0.4, 0.5) is 0 Å². The molecule has 0 bridgehead atoms. The molecule has 4 nitrogen and oxygen atoms in total. The molecule has 0 aliphatic heterocycles. The Morgan fingerprint density at radius 1 is 1.36 bits per heavy atom. The molecule has 0 N–H and O–H groups in total. The van der Waals surface area contributed by atoms with Crippen LogP contribution in [0.2, 0.25) is 0 Å². The average Bonchev–Trinajstić information content (AvgIpc) is 2.61. The van der Waals surface area contributed by atoms with Gasteiger partial charge in [0.1, 0.15) is 0 Å². The average molecular weight is 255 g/mol. The van der Waals surface area contributed by atoms with Gasteiger partial charge in [0.2, 0.25) is 5.69 Å². The first-order valence-corrected chi connectivity index (χ1v) is 5.15. The molecule has 0 aliphatic rings. The van der Waals surface area contributed by atoms with Crippen molar-refractivity contribution in [2.24, 2.45) is 0 Å². The number of benzene rings is 1. The maximum Gasteiger partial charge on any atom is 0.252 e. The SMILES string of the molecule is [O-][n+]1onc(-c2ccccc2)c1CBr. The second kappa shape index (κ2) is 3.79. The molecule has 72 valence electrons. The Hall–Kier alpha value is -1.36. The third-order valence-electron chi connectivity index (χ3n) is 1.87. The summed E-state index contributed by atoms with van der Waals surface area (Å²) in [5.74, 6) is 0. The molecule has 0 spiro atoms. The van der Waals surface area contributed by atoms with E-state index in [0.29, 0.717) is 21.6 Å². The molecule has 0 amide bonds. The first kappa shape index (κ1) is 9.21. The predicted molar refractivity (Wildman–Crippen MR) is 53.5 cm³/mol. The van der Waals surface area contributed by atoms with Crippen molar-refractivity contribution < 1.29 is 9.53 Å². The fraction of sp³-hybridized carbons (Fsp3) is 0.111. The number of hydrogen-bond acceptors (Lipinski definition) is 3. The first-order chi connectivity index (χ1) is 6.83. The third kappa shape index (κ3) is 1.50. The minimum Gasteiger partial charge on any atom is -0.359 e. The quantitative estimate of drug-likeness (QED) is 0.608. The lowest BCUT2D eigenvalue weighted by atomic mass is 10.1. The zero-order valence-corrected chi connectivity index (χ0v) is 8.77.